The van der Waals surface area contributed by atoms with Crippen molar-refractivity contribution in [3.8, 4) is 0 Å². The topological polar surface area (TPSA) is 35.5 Å². The lowest BCUT2D eigenvalue weighted by molar-refractivity contribution is 0.187. The summed E-state index contributed by atoms with van der Waals surface area (Å²) in [7, 11) is 0. The molecule has 0 radical (unpaired) electrons. The van der Waals surface area contributed by atoms with Gasteiger partial charge in [0.25, 0.3) is 0 Å². The second-order valence-electron chi connectivity index (χ2n) is 6.96. The summed E-state index contributed by atoms with van der Waals surface area (Å²) in [4.78, 5) is 2.59. The second-order valence-corrected chi connectivity index (χ2v) is 6.96. The Kier molecular flexibility index (Phi) is 7.04. The predicted octanol–water partition coefficient (Wildman–Crippen LogP) is 3.25. The highest BCUT2D eigenvalue weighted by Crippen LogP contribution is 2.28. The van der Waals surface area contributed by atoms with Gasteiger partial charge in [-0.2, -0.15) is 0 Å². The van der Waals surface area contributed by atoms with Crippen molar-refractivity contribution >= 4 is 0 Å². The monoisotopic (exact) mass is 338 g/mol. The normalized spacial score (nSPS) is 16.4. The van der Waals surface area contributed by atoms with Gasteiger partial charge in [0, 0.05) is 18.5 Å². The minimum absolute atomic E-state index is 0.232. The number of hydrogen-bond acceptors (Lipinski definition) is 3. The van der Waals surface area contributed by atoms with E-state index in [1.807, 2.05) is 0 Å². The van der Waals surface area contributed by atoms with Crippen molar-refractivity contribution in [1.82, 2.24) is 10.2 Å². The van der Waals surface area contributed by atoms with Crippen molar-refractivity contribution in [2.75, 3.05) is 32.8 Å². The zero-order chi connectivity index (χ0) is 17.3. The van der Waals surface area contributed by atoms with Gasteiger partial charge in [-0.3, -0.25) is 0 Å². The molecule has 1 fully saturated rings. The number of rotatable bonds is 8. The van der Waals surface area contributed by atoms with Gasteiger partial charge in [0.15, 0.2) is 0 Å². The lowest BCUT2D eigenvalue weighted by atomic mass is 9.88. The van der Waals surface area contributed by atoms with Crippen LogP contribution in [0.3, 0.4) is 0 Å². The van der Waals surface area contributed by atoms with E-state index in [1.165, 1.54) is 24.0 Å². The molecule has 1 aliphatic heterocycles. The first-order chi connectivity index (χ1) is 12.4. The summed E-state index contributed by atoms with van der Waals surface area (Å²) < 4.78 is 0. The van der Waals surface area contributed by atoms with Crippen molar-refractivity contribution in [1.29, 1.82) is 0 Å². The summed E-state index contributed by atoms with van der Waals surface area (Å²) >= 11 is 0. The Morgan fingerprint density at radius 1 is 0.920 bits per heavy atom. The third-order valence-electron chi connectivity index (χ3n) is 5.27. The quantitative estimate of drug-likeness (QED) is 0.775. The van der Waals surface area contributed by atoms with Crippen molar-refractivity contribution in [2.24, 2.45) is 0 Å². The number of aliphatic hydroxyl groups is 1. The average Bonchev–Trinajstić information content (AvgIpc) is 2.69. The summed E-state index contributed by atoms with van der Waals surface area (Å²) in [6, 6.07) is 22.3. The van der Waals surface area contributed by atoms with Gasteiger partial charge in [0.2, 0.25) is 0 Å². The van der Waals surface area contributed by atoms with Crippen LogP contribution in [0.4, 0.5) is 0 Å². The Morgan fingerprint density at radius 2 is 1.48 bits per heavy atom. The second kappa shape index (κ2) is 9.71. The lowest BCUT2D eigenvalue weighted by Crippen LogP contribution is -2.43. The molecule has 2 aromatic rings. The molecule has 0 amide bonds. The molecule has 2 aromatic carbocycles. The minimum Gasteiger partial charge on any atom is -0.395 e. The number of hydrogen-bond donors (Lipinski definition) is 2. The summed E-state index contributed by atoms with van der Waals surface area (Å²) in [5, 5.41) is 12.4. The maximum Gasteiger partial charge on any atom is 0.0556 e. The maximum atomic E-state index is 8.94. The molecular formula is C22H30N2O. The summed E-state index contributed by atoms with van der Waals surface area (Å²) in [5.41, 5.74) is 2.82. The van der Waals surface area contributed by atoms with E-state index in [4.69, 9.17) is 5.11 Å². The van der Waals surface area contributed by atoms with Crippen molar-refractivity contribution < 1.29 is 5.11 Å². The Hall–Kier alpha value is -1.68. The molecule has 0 bridgehead atoms. The summed E-state index contributed by atoms with van der Waals surface area (Å²) in [6.45, 7) is 4.39. The maximum absolute atomic E-state index is 8.94. The van der Waals surface area contributed by atoms with Crippen LogP contribution in [0.2, 0.25) is 0 Å². The first kappa shape index (κ1) is 18.1. The molecular weight excluding hydrogens is 308 g/mol. The molecule has 0 atom stereocenters. The minimum atomic E-state index is 0.232. The van der Waals surface area contributed by atoms with Gasteiger partial charge in [0.1, 0.15) is 0 Å². The van der Waals surface area contributed by atoms with Crippen LogP contribution in [0.25, 0.3) is 0 Å². The smallest absolute Gasteiger partial charge is 0.0556 e. The van der Waals surface area contributed by atoms with Crippen LogP contribution in [-0.2, 0) is 0 Å². The standard InChI is InChI=1S/C22H30N2O/c25-18-14-23-21-11-15-24(16-12-21)17-13-22(19-7-3-1-4-8-19)20-9-5-2-6-10-20/h1-10,21-23,25H,11-18H2. The molecule has 0 saturated carbocycles. The Labute approximate surface area is 151 Å². The van der Waals surface area contributed by atoms with E-state index < -0.39 is 0 Å². The van der Waals surface area contributed by atoms with Crippen LogP contribution >= 0.6 is 0 Å². The number of piperidine rings is 1. The Balaban J connectivity index is 1.57. The molecule has 3 rings (SSSR count). The largest absolute Gasteiger partial charge is 0.395 e. The number of nitrogens with zero attached hydrogens (tertiary/aromatic N) is 1. The van der Waals surface area contributed by atoms with Crippen LogP contribution in [0, 0.1) is 0 Å². The fraction of sp³-hybridized carbons (Fsp3) is 0.455. The first-order valence-electron chi connectivity index (χ1n) is 9.53. The molecule has 134 valence electrons. The third-order valence-corrected chi connectivity index (χ3v) is 5.27. The fourth-order valence-corrected chi connectivity index (χ4v) is 3.84. The Morgan fingerprint density at radius 3 is 2.00 bits per heavy atom. The number of benzene rings is 2. The van der Waals surface area contributed by atoms with Crippen molar-refractivity contribution in [3.05, 3.63) is 71.8 Å². The van der Waals surface area contributed by atoms with Gasteiger partial charge >= 0.3 is 0 Å². The summed E-state index contributed by atoms with van der Waals surface area (Å²) in [6.07, 6.45) is 3.52. The zero-order valence-corrected chi connectivity index (χ0v) is 15.0. The number of aliphatic hydroxyl groups excluding tert-OH is 1. The fourth-order valence-electron chi connectivity index (χ4n) is 3.84. The molecule has 2 N–H and O–H groups in total. The van der Waals surface area contributed by atoms with Gasteiger partial charge in [-0.05, 0) is 50.0 Å². The van der Waals surface area contributed by atoms with E-state index in [-0.39, 0.29) is 6.61 Å². The molecule has 0 unspecified atom stereocenters. The highest BCUT2D eigenvalue weighted by molar-refractivity contribution is 5.32. The van der Waals surface area contributed by atoms with Gasteiger partial charge in [0.05, 0.1) is 6.61 Å². The SMILES string of the molecule is OCCNC1CCN(CCC(c2ccccc2)c2ccccc2)CC1. The Bertz CT molecular complexity index is 554. The molecule has 0 aromatic heterocycles. The highest BCUT2D eigenvalue weighted by Gasteiger charge is 2.20. The highest BCUT2D eigenvalue weighted by atomic mass is 16.3. The van der Waals surface area contributed by atoms with E-state index in [2.05, 4.69) is 70.9 Å². The van der Waals surface area contributed by atoms with Crippen LogP contribution in [-0.4, -0.2) is 48.8 Å². The number of likely N-dealkylation sites (tertiary alicyclic amines) is 1. The summed E-state index contributed by atoms with van der Waals surface area (Å²) in [5.74, 6) is 0.465. The zero-order valence-electron chi connectivity index (χ0n) is 15.0. The first-order valence-corrected chi connectivity index (χ1v) is 9.53. The van der Waals surface area contributed by atoms with Gasteiger partial charge in [-0.1, -0.05) is 60.7 Å². The van der Waals surface area contributed by atoms with Crippen molar-refractivity contribution in [2.45, 2.75) is 31.2 Å². The number of nitrogens with one attached hydrogen (secondary N) is 1. The van der Waals surface area contributed by atoms with Gasteiger partial charge in [-0.15, -0.1) is 0 Å². The molecule has 1 heterocycles. The molecule has 3 heteroatoms. The average molecular weight is 338 g/mol. The molecule has 1 aliphatic rings. The third kappa shape index (κ3) is 5.40. The molecule has 25 heavy (non-hydrogen) atoms. The van der Waals surface area contributed by atoms with Gasteiger partial charge < -0.3 is 15.3 Å². The van der Waals surface area contributed by atoms with Crippen LogP contribution in [0.1, 0.15) is 36.3 Å². The molecule has 1 saturated heterocycles. The van der Waals surface area contributed by atoms with Crippen molar-refractivity contribution in [3.63, 3.8) is 0 Å². The van der Waals surface area contributed by atoms with Gasteiger partial charge in [-0.25, -0.2) is 0 Å². The molecule has 0 spiro atoms. The molecule has 3 nitrogen and oxygen atoms in total. The molecule has 0 aliphatic carbocycles. The van der Waals surface area contributed by atoms with Crippen LogP contribution in [0.15, 0.2) is 60.7 Å². The van der Waals surface area contributed by atoms with E-state index in [0.717, 1.165) is 32.6 Å². The van der Waals surface area contributed by atoms with Crippen LogP contribution < -0.4 is 5.32 Å². The van der Waals surface area contributed by atoms with E-state index in [1.54, 1.807) is 0 Å². The van der Waals surface area contributed by atoms with Crippen LogP contribution in [0.5, 0.6) is 0 Å². The van der Waals surface area contributed by atoms with E-state index in [0.29, 0.717) is 12.0 Å². The predicted molar refractivity (Wildman–Crippen MR) is 104 cm³/mol. The lowest BCUT2D eigenvalue weighted by Gasteiger charge is -2.33. The van der Waals surface area contributed by atoms with E-state index >= 15 is 0 Å². The van der Waals surface area contributed by atoms with E-state index in [9.17, 15) is 0 Å².